The van der Waals surface area contributed by atoms with E-state index in [-0.39, 0.29) is 17.7 Å². The minimum atomic E-state index is -0.632. The molecule has 180 valence electrons. The van der Waals surface area contributed by atoms with Gasteiger partial charge in [-0.3, -0.25) is 4.79 Å². The van der Waals surface area contributed by atoms with Crippen molar-refractivity contribution in [1.82, 2.24) is 0 Å². The molecule has 2 fully saturated rings. The fraction of sp³-hybridized carbons (Fsp3) is 0.483. The summed E-state index contributed by atoms with van der Waals surface area (Å²) in [4.78, 5) is 39.5. The molecule has 2 aromatic rings. The van der Waals surface area contributed by atoms with Crippen molar-refractivity contribution in [1.29, 1.82) is 0 Å². The largest absolute Gasteiger partial charge is 0.462 e. The van der Waals surface area contributed by atoms with Crippen molar-refractivity contribution in [2.45, 2.75) is 76.0 Å². The molecule has 0 heterocycles. The normalized spacial score (nSPS) is 18.4. The fourth-order valence-corrected chi connectivity index (χ4v) is 6.03. The van der Waals surface area contributed by atoms with Crippen molar-refractivity contribution in [3.05, 3.63) is 70.8 Å². The van der Waals surface area contributed by atoms with Crippen LogP contribution in [0.3, 0.4) is 0 Å². The van der Waals surface area contributed by atoms with E-state index in [4.69, 9.17) is 9.47 Å². The van der Waals surface area contributed by atoms with Crippen LogP contribution in [0.4, 0.5) is 0 Å². The first-order valence-electron chi connectivity index (χ1n) is 12.6. The van der Waals surface area contributed by atoms with E-state index in [0.717, 1.165) is 62.5 Å². The van der Waals surface area contributed by atoms with Gasteiger partial charge in [0.25, 0.3) is 0 Å². The van der Waals surface area contributed by atoms with Crippen molar-refractivity contribution in [3.8, 4) is 0 Å². The Labute approximate surface area is 201 Å². The Hall–Kier alpha value is -2.95. The molecule has 2 saturated carbocycles. The van der Waals surface area contributed by atoms with E-state index < -0.39 is 10.8 Å². The number of esters is 2. The molecule has 0 saturated heterocycles. The van der Waals surface area contributed by atoms with Gasteiger partial charge in [-0.1, -0.05) is 49.9 Å². The van der Waals surface area contributed by atoms with Gasteiger partial charge in [-0.2, -0.15) is 0 Å². The second-order valence-electron chi connectivity index (χ2n) is 9.51. The monoisotopic (exact) mass is 462 g/mol. The van der Waals surface area contributed by atoms with Gasteiger partial charge in [0.15, 0.2) is 5.78 Å². The average molecular weight is 463 g/mol. The Morgan fingerprint density at radius 3 is 1.41 bits per heavy atom. The predicted octanol–water partition coefficient (Wildman–Crippen LogP) is 5.93. The summed E-state index contributed by atoms with van der Waals surface area (Å²) in [6.45, 7) is 4.20. The van der Waals surface area contributed by atoms with Crippen LogP contribution in [0.5, 0.6) is 0 Å². The minimum absolute atomic E-state index is 0.233. The van der Waals surface area contributed by atoms with Gasteiger partial charge < -0.3 is 9.47 Å². The van der Waals surface area contributed by atoms with E-state index in [1.165, 1.54) is 0 Å². The van der Waals surface area contributed by atoms with Crippen molar-refractivity contribution >= 4 is 17.7 Å². The zero-order chi connectivity index (χ0) is 24.2. The molecule has 0 aromatic heterocycles. The highest BCUT2D eigenvalue weighted by Gasteiger charge is 2.54. The highest BCUT2D eigenvalue weighted by atomic mass is 16.5. The summed E-state index contributed by atoms with van der Waals surface area (Å²) >= 11 is 0. The molecular weight excluding hydrogens is 428 g/mol. The lowest BCUT2D eigenvalue weighted by Gasteiger charge is -2.39. The molecule has 0 amide bonds. The molecule has 5 nitrogen and oxygen atoms in total. The topological polar surface area (TPSA) is 69.7 Å². The van der Waals surface area contributed by atoms with E-state index in [2.05, 4.69) is 0 Å². The Kier molecular flexibility index (Phi) is 7.20. The van der Waals surface area contributed by atoms with Crippen LogP contribution in [-0.4, -0.2) is 30.9 Å². The number of hydrogen-bond donors (Lipinski definition) is 0. The number of Topliss-reactive ketones (excluding diaryl/α,β-unsaturated/α-hetero) is 1. The lowest BCUT2D eigenvalue weighted by Crippen LogP contribution is -2.47. The summed E-state index contributed by atoms with van der Waals surface area (Å²) < 4.78 is 10.4. The molecule has 34 heavy (non-hydrogen) atoms. The third-order valence-corrected chi connectivity index (χ3v) is 7.64. The highest BCUT2D eigenvalue weighted by Crippen LogP contribution is 2.52. The number of carbonyl (C=O) groups is 3. The van der Waals surface area contributed by atoms with E-state index in [0.29, 0.717) is 24.3 Å². The van der Waals surface area contributed by atoms with Crippen molar-refractivity contribution in [3.63, 3.8) is 0 Å². The van der Waals surface area contributed by atoms with Gasteiger partial charge in [0.1, 0.15) is 0 Å². The van der Waals surface area contributed by atoms with Crippen LogP contribution < -0.4 is 0 Å². The number of carbonyl (C=O) groups excluding carboxylic acids is 3. The molecule has 2 aliphatic rings. The highest BCUT2D eigenvalue weighted by molar-refractivity contribution is 6.01. The first-order chi connectivity index (χ1) is 16.5. The first-order valence-corrected chi connectivity index (χ1v) is 12.6. The standard InChI is InChI=1S/C29H34O5/c1-3-33-25(30)21-11-9-13-23(19-21)28(15-5-6-16-28)27(32)29(17-7-8-18-29)24-14-10-12-22(20-24)26(31)34-4-2/h9-14,19-20H,3-8,15-18H2,1-2H3. The van der Waals surface area contributed by atoms with Crippen LogP contribution in [0.25, 0.3) is 0 Å². The fourth-order valence-electron chi connectivity index (χ4n) is 6.03. The molecule has 0 N–H and O–H groups in total. The van der Waals surface area contributed by atoms with Crippen LogP contribution in [0, 0.1) is 0 Å². The summed E-state index contributed by atoms with van der Waals surface area (Å²) in [6, 6.07) is 14.9. The van der Waals surface area contributed by atoms with Crippen LogP contribution in [0.2, 0.25) is 0 Å². The van der Waals surface area contributed by atoms with Gasteiger partial charge in [-0.15, -0.1) is 0 Å². The van der Waals surface area contributed by atoms with Gasteiger partial charge in [0, 0.05) is 0 Å². The lowest BCUT2D eigenvalue weighted by atomic mass is 9.62. The number of benzene rings is 2. The molecule has 0 atom stereocenters. The molecule has 0 radical (unpaired) electrons. The van der Waals surface area contributed by atoms with Crippen molar-refractivity contribution in [2.75, 3.05) is 13.2 Å². The van der Waals surface area contributed by atoms with Crippen LogP contribution >= 0.6 is 0 Å². The molecule has 5 heteroatoms. The molecule has 0 bridgehead atoms. The minimum Gasteiger partial charge on any atom is -0.462 e. The van der Waals surface area contributed by atoms with Crippen LogP contribution in [-0.2, 0) is 25.1 Å². The maximum Gasteiger partial charge on any atom is 0.338 e. The average Bonchev–Trinajstić information content (AvgIpc) is 3.56. The van der Waals surface area contributed by atoms with Gasteiger partial charge >= 0.3 is 11.9 Å². The second-order valence-corrected chi connectivity index (χ2v) is 9.51. The van der Waals surface area contributed by atoms with E-state index in [9.17, 15) is 14.4 Å². The maximum absolute atomic E-state index is 14.7. The molecule has 0 spiro atoms. The Bertz CT molecular complexity index is 974. The number of rotatable bonds is 8. The Morgan fingerprint density at radius 2 is 1.06 bits per heavy atom. The van der Waals surface area contributed by atoms with Crippen LogP contribution in [0.15, 0.2) is 48.5 Å². The van der Waals surface area contributed by atoms with Gasteiger partial charge in [-0.25, -0.2) is 9.59 Å². The summed E-state index contributed by atoms with van der Waals surface area (Å²) in [5.41, 5.74) is 1.53. The lowest BCUT2D eigenvalue weighted by molar-refractivity contribution is -0.130. The first kappa shape index (κ1) is 24.2. The quantitative estimate of drug-likeness (QED) is 0.455. The number of hydrogen-bond acceptors (Lipinski definition) is 5. The third-order valence-electron chi connectivity index (χ3n) is 7.64. The molecule has 2 aliphatic carbocycles. The summed E-state index contributed by atoms with van der Waals surface area (Å²) in [5, 5.41) is 0. The van der Waals surface area contributed by atoms with Crippen LogP contribution in [0.1, 0.15) is 97.1 Å². The summed E-state index contributed by atoms with van der Waals surface area (Å²) in [7, 11) is 0. The van der Waals surface area contributed by atoms with Crippen molar-refractivity contribution < 1.29 is 23.9 Å². The van der Waals surface area contributed by atoms with Gasteiger partial charge in [-0.05, 0) is 74.9 Å². The molecule has 2 aromatic carbocycles. The Morgan fingerprint density at radius 1 is 0.676 bits per heavy atom. The summed E-state index contributed by atoms with van der Waals surface area (Å²) in [5.74, 6) is -0.484. The molecule has 4 rings (SSSR count). The maximum atomic E-state index is 14.7. The van der Waals surface area contributed by atoms with Gasteiger partial charge in [0.2, 0.25) is 0 Å². The zero-order valence-corrected chi connectivity index (χ0v) is 20.2. The Balaban J connectivity index is 1.78. The second kappa shape index (κ2) is 10.1. The smallest absolute Gasteiger partial charge is 0.338 e. The molecule has 0 unspecified atom stereocenters. The molecular formula is C29H34O5. The van der Waals surface area contributed by atoms with Crippen molar-refractivity contribution in [2.24, 2.45) is 0 Å². The van der Waals surface area contributed by atoms with Gasteiger partial charge in [0.05, 0.1) is 35.2 Å². The summed E-state index contributed by atoms with van der Waals surface area (Å²) in [6.07, 6.45) is 7.02. The number of ketones is 1. The number of ether oxygens (including phenoxy) is 2. The van der Waals surface area contributed by atoms with E-state index >= 15 is 0 Å². The van der Waals surface area contributed by atoms with E-state index in [1.807, 2.05) is 36.4 Å². The third kappa shape index (κ3) is 4.28. The SMILES string of the molecule is CCOC(=O)c1cccc(C2(C(=O)C3(c4cccc(C(=O)OCC)c4)CCCC3)CCCC2)c1. The predicted molar refractivity (Wildman–Crippen MR) is 130 cm³/mol. The zero-order valence-electron chi connectivity index (χ0n) is 20.2. The molecule has 0 aliphatic heterocycles. The van der Waals surface area contributed by atoms with E-state index in [1.54, 1.807) is 26.0 Å².